The summed E-state index contributed by atoms with van der Waals surface area (Å²) in [5.41, 5.74) is 1.79. The summed E-state index contributed by atoms with van der Waals surface area (Å²) in [5, 5.41) is 0. The zero-order chi connectivity index (χ0) is 20.1. The van der Waals surface area contributed by atoms with E-state index in [-0.39, 0.29) is 11.7 Å². The lowest BCUT2D eigenvalue weighted by atomic mass is 10.2. The number of nitrogens with zero attached hydrogens (tertiary/aromatic N) is 5. The number of halogens is 1. The van der Waals surface area contributed by atoms with Gasteiger partial charge in [0.2, 0.25) is 5.95 Å². The number of aryl methyl sites for hydroxylation is 1. The van der Waals surface area contributed by atoms with Crippen molar-refractivity contribution in [3.63, 3.8) is 0 Å². The van der Waals surface area contributed by atoms with Gasteiger partial charge in [-0.1, -0.05) is 25.5 Å². The van der Waals surface area contributed by atoms with Crippen LogP contribution in [0, 0.1) is 12.7 Å². The first kappa shape index (κ1) is 20.0. The molecular formula is C21H28FN5O. The summed E-state index contributed by atoms with van der Waals surface area (Å²) in [6.07, 6.45) is 2.14. The van der Waals surface area contributed by atoms with E-state index >= 15 is 0 Å². The van der Waals surface area contributed by atoms with Crippen molar-refractivity contribution in [3.8, 4) is 0 Å². The fourth-order valence-electron chi connectivity index (χ4n) is 3.35. The summed E-state index contributed by atoms with van der Waals surface area (Å²) >= 11 is 0. The predicted molar refractivity (Wildman–Crippen MR) is 109 cm³/mol. The number of carbonyl (C=O) groups is 1. The number of para-hydroxylation sites is 1. The summed E-state index contributed by atoms with van der Waals surface area (Å²) in [5.74, 6) is 0.263. The molecule has 3 rings (SSSR count). The Kier molecular flexibility index (Phi) is 6.44. The summed E-state index contributed by atoms with van der Waals surface area (Å²) < 4.78 is 14.0. The molecule has 1 aromatic heterocycles. The van der Waals surface area contributed by atoms with Crippen molar-refractivity contribution < 1.29 is 9.18 Å². The van der Waals surface area contributed by atoms with Crippen LogP contribution in [0.4, 0.5) is 16.0 Å². The monoisotopic (exact) mass is 385 g/mol. The highest BCUT2D eigenvalue weighted by molar-refractivity contribution is 5.92. The Hall–Kier alpha value is -2.70. The lowest BCUT2D eigenvalue weighted by Crippen LogP contribution is -2.49. The van der Waals surface area contributed by atoms with E-state index in [1.807, 2.05) is 29.8 Å². The van der Waals surface area contributed by atoms with Crippen LogP contribution in [0.3, 0.4) is 0 Å². The molecule has 2 heterocycles. The van der Waals surface area contributed by atoms with Gasteiger partial charge in [-0.05, 0) is 31.5 Å². The number of piperazine rings is 1. The van der Waals surface area contributed by atoms with Crippen LogP contribution in [0.5, 0.6) is 0 Å². The Morgan fingerprint density at radius 2 is 1.89 bits per heavy atom. The molecule has 28 heavy (non-hydrogen) atoms. The van der Waals surface area contributed by atoms with Crippen LogP contribution in [-0.2, 0) is 0 Å². The Balaban J connectivity index is 1.68. The van der Waals surface area contributed by atoms with E-state index in [4.69, 9.17) is 0 Å². The Bertz CT molecular complexity index is 820. The summed E-state index contributed by atoms with van der Waals surface area (Å²) in [7, 11) is 1.95. The average molecular weight is 385 g/mol. The SMILES string of the molecule is CCCCN(C)c1nc(C)cc(C(=O)N2CCN(c3ccccc3F)CC2)n1. The second kappa shape index (κ2) is 8.99. The number of carbonyl (C=O) groups excluding carboxylic acids is 1. The molecule has 1 aromatic carbocycles. The summed E-state index contributed by atoms with van der Waals surface area (Å²) in [6.45, 7) is 7.15. The van der Waals surface area contributed by atoms with E-state index in [9.17, 15) is 9.18 Å². The van der Waals surface area contributed by atoms with Gasteiger partial charge in [0.25, 0.3) is 5.91 Å². The third-order valence-electron chi connectivity index (χ3n) is 5.01. The van der Waals surface area contributed by atoms with Crippen LogP contribution in [0.25, 0.3) is 0 Å². The quantitative estimate of drug-likeness (QED) is 0.765. The number of hydrogen-bond acceptors (Lipinski definition) is 5. The fourth-order valence-corrected chi connectivity index (χ4v) is 3.35. The van der Waals surface area contributed by atoms with E-state index in [0.29, 0.717) is 43.5 Å². The summed E-state index contributed by atoms with van der Waals surface area (Å²) in [4.78, 5) is 27.7. The number of aromatic nitrogens is 2. The molecule has 150 valence electrons. The van der Waals surface area contributed by atoms with E-state index in [0.717, 1.165) is 25.1 Å². The van der Waals surface area contributed by atoms with Gasteiger partial charge >= 0.3 is 0 Å². The summed E-state index contributed by atoms with van der Waals surface area (Å²) in [6, 6.07) is 8.50. The predicted octanol–water partition coefficient (Wildman–Crippen LogP) is 3.12. The fraction of sp³-hybridized carbons (Fsp3) is 0.476. The van der Waals surface area contributed by atoms with E-state index in [2.05, 4.69) is 16.9 Å². The third kappa shape index (κ3) is 4.58. The Morgan fingerprint density at radius 3 is 2.57 bits per heavy atom. The zero-order valence-corrected chi connectivity index (χ0v) is 16.9. The van der Waals surface area contributed by atoms with Gasteiger partial charge in [0, 0.05) is 45.5 Å². The lowest BCUT2D eigenvalue weighted by Gasteiger charge is -2.36. The van der Waals surface area contributed by atoms with E-state index < -0.39 is 0 Å². The maximum absolute atomic E-state index is 14.0. The van der Waals surface area contributed by atoms with Crippen molar-refractivity contribution in [2.45, 2.75) is 26.7 Å². The first-order chi connectivity index (χ1) is 13.5. The van der Waals surface area contributed by atoms with Crippen LogP contribution < -0.4 is 9.80 Å². The van der Waals surface area contributed by atoms with Gasteiger partial charge in [-0.25, -0.2) is 14.4 Å². The molecule has 0 aliphatic carbocycles. The Labute approximate surface area is 166 Å². The van der Waals surface area contributed by atoms with Crippen LogP contribution in [0.1, 0.15) is 35.9 Å². The molecule has 0 radical (unpaired) electrons. The second-order valence-electron chi connectivity index (χ2n) is 7.20. The van der Waals surface area contributed by atoms with Gasteiger partial charge in [-0.3, -0.25) is 4.79 Å². The normalized spacial score (nSPS) is 14.3. The first-order valence-corrected chi connectivity index (χ1v) is 9.85. The zero-order valence-electron chi connectivity index (χ0n) is 16.9. The topological polar surface area (TPSA) is 52.6 Å². The molecule has 1 fully saturated rings. The highest BCUT2D eigenvalue weighted by atomic mass is 19.1. The number of amides is 1. The Morgan fingerprint density at radius 1 is 1.18 bits per heavy atom. The van der Waals surface area contributed by atoms with E-state index in [1.54, 1.807) is 23.1 Å². The first-order valence-electron chi connectivity index (χ1n) is 9.85. The second-order valence-corrected chi connectivity index (χ2v) is 7.20. The minimum absolute atomic E-state index is 0.0937. The van der Waals surface area contributed by atoms with Gasteiger partial charge in [-0.15, -0.1) is 0 Å². The van der Waals surface area contributed by atoms with Gasteiger partial charge in [0.05, 0.1) is 5.69 Å². The van der Waals surface area contributed by atoms with E-state index in [1.165, 1.54) is 6.07 Å². The van der Waals surface area contributed by atoms with Crippen molar-refractivity contribution >= 4 is 17.5 Å². The molecular weight excluding hydrogens is 357 g/mol. The minimum atomic E-state index is -0.228. The van der Waals surface area contributed by atoms with Crippen molar-refractivity contribution in [3.05, 3.63) is 47.5 Å². The number of hydrogen-bond donors (Lipinski definition) is 0. The highest BCUT2D eigenvalue weighted by Gasteiger charge is 2.25. The molecule has 1 aliphatic rings. The molecule has 0 saturated carbocycles. The average Bonchev–Trinajstić information content (AvgIpc) is 2.71. The van der Waals surface area contributed by atoms with Crippen molar-refractivity contribution in [2.75, 3.05) is 49.6 Å². The van der Waals surface area contributed by atoms with Crippen molar-refractivity contribution in [2.24, 2.45) is 0 Å². The molecule has 0 atom stereocenters. The number of anilines is 2. The molecule has 1 aliphatic heterocycles. The molecule has 0 bridgehead atoms. The molecule has 0 unspecified atom stereocenters. The van der Waals surface area contributed by atoms with Gasteiger partial charge < -0.3 is 14.7 Å². The number of benzene rings is 1. The van der Waals surface area contributed by atoms with Gasteiger partial charge in [-0.2, -0.15) is 0 Å². The van der Waals surface area contributed by atoms with Crippen LogP contribution >= 0.6 is 0 Å². The lowest BCUT2D eigenvalue weighted by molar-refractivity contribution is 0.0740. The van der Waals surface area contributed by atoms with Crippen LogP contribution in [0.15, 0.2) is 30.3 Å². The van der Waals surface area contributed by atoms with Crippen LogP contribution in [-0.4, -0.2) is 60.5 Å². The van der Waals surface area contributed by atoms with Gasteiger partial charge in [0.1, 0.15) is 11.5 Å². The van der Waals surface area contributed by atoms with Gasteiger partial charge in [0.15, 0.2) is 0 Å². The van der Waals surface area contributed by atoms with Crippen molar-refractivity contribution in [1.29, 1.82) is 0 Å². The highest BCUT2D eigenvalue weighted by Crippen LogP contribution is 2.21. The number of rotatable bonds is 6. The minimum Gasteiger partial charge on any atom is -0.366 e. The smallest absolute Gasteiger partial charge is 0.272 e. The molecule has 7 heteroatoms. The molecule has 2 aromatic rings. The van der Waals surface area contributed by atoms with Crippen molar-refractivity contribution in [1.82, 2.24) is 14.9 Å². The number of unbranched alkanes of at least 4 members (excludes halogenated alkanes) is 1. The third-order valence-corrected chi connectivity index (χ3v) is 5.01. The molecule has 1 amide bonds. The standard InChI is InChI=1S/C21H28FN5O/c1-4-5-10-25(3)21-23-16(2)15-18(24-21)20(28)27-13-11-26(12-14-27)19-9-7-6-8-17(19)22/h6-9,15H,4-5,10-14H2,1-3H3. The molecule has 6 nitrogen and oxygen atoms in total. The largest absolute Gasteiger partial charge is 0.366 e. The maximum atomic E-state index is 14.0. The maximum Gasteiger partial charge on any atom is 0.272 e. The molecule has 0 N–H and O–H groups in total. The molecule has 1 saturated heterocycles. The molecule has 0 spiro atoms. The van der Waals surface area contributed by atoms with Crippen LogP contribution in [0.2, 0.25) is 0 Å².